The smallest absolute Gasteiger partial charge is 0.234 e. The first kappa shape index (κ1) is 15.5. The fourth-order valence-electron chi connectivity index (χ4n) is 1.61. The molecule has 0 saturated carbocycles. The van der Waals surface area contributed by atoms with E-state index >= 15 is 0 Å². The SMILES string of the molecule is COCCNCC(=O)NCCN(C)c1ccccc1. The molecular weight excluding hydrogens is 242 g/mol. The van der Waals surface area contributed by atoms with E-state index < -0.39 is 0 Å². The van der Waals surface area contributed by atoms with Crippen molar-refractivity contribution in [2.24, 2.45) is 0 Å². The number of rotatable bonds is 9. The van der Waals surface area contributed by atoms with Gasteiger partial charge in [0.15, 0.2) is 0 Å². The Bertz CT molecular complexity index is 357. The average molecular weight is 265 g/mol. The molecule has 0 saturated heterocycles. The van der Waals surface area contributed by atoms with Crippen molar-refractivity contribution in [2.75, 3.05) is 51.8 Å². The van der Waals surface area contributed by atoms with E-state index in [1.54, 1.807) is 7.11 Å². The minimum atomic E-state index is 0.0116. The third kappa shape index (κ3) is 6.79. The number of methoxy groups -OCH3 is 1. The summed E-state index contributed by atoms with van der Waals surface area (Å²) in [6.07, 6.45) is 0. The van der Waals surface area contributed by atoms with E-state index in [0.29, 0.717) is 26.2 Å². The van der Waals surface area contributed by atoms with Gasteiger partial charge in [0.1, 0.15) is 0 Å². The van der Waals surface area contributed by atoms with Crippen LogP contribution < -0.4 is 15.5 Å². The number of hydrogen-bond acceptors (Lipinski definition) is 4. The minimum absolute atomic E-state index is 0.0116. The Morgan fingerprint density at radius 3 is 2.68 bits per heavy atom. The summed E-state index contributed by atoms with van der Waals surface area (Å²) in [4.78, 5) is 13.6. The third-order valence-electron chi connectivity index (χ3n) is 2.73. The molecule has 1 amide bonds. The Morgan fingerprint density at radius 1 is 1.26 bits per heavy atom. The van der Waals surface area contributed by atoms with Crippen LogP contribution in [-0.4, -0.2) is 52.9 Å². The van der Waals surface area contributed by atoms with Gasteiger partial charge in [0, 0.05) is 39.5 Å². The number of benzene rings is 1. The molecule has 0 aliphatic heterocycles. The molecule has 0 bridgehead atoms. The molecule has 0 heterocycles. The first-order valence-electron chi connectivity index (χ1n) is 6.46. The van der Waals surface area contributed by atoms with E-state index in [-0.39, 0.29) is 5.91 Å². The van der Waals surface area contributed by atoms with Crippen LogP contribution in [0.25, 0.3) is 0 Å². The van der Waals surface area contributed by atoms with Crippen LogP contribution in [0.2, 0.25) is 0 Å². The quantitative estimate of drug-likeness (QED) is 0.638. The molecule has 2 N–H and O–H groups in total. The van der Waals surface area contributed by atoms with Crippen LogP contribution in [0.15, 0.2) is 30.3 Å². The van der Waals surface area contributed by atoms with E-state index in [4.69, 9.17) is 4.74 Å². The topological polar surface area (TPSA) is 53.6 Å². The Labute approximate surface area is 114 Å². The summed E-state index contributed by atoms with van der Waals surface area (Å²) in [7, 11) is 3.65. The van der Waals surface area contributed by atoms with Gasteiger partial charge >= 0.3 is 0 Å². The number of nitrogens with zero attached hydrogens (tertiary/aromatic N) is 1. The maximum absolute atomic E-state index is 11.5. The molecule has 5 heteroatoms. The van der Waals surface area contributed by atoms with Gasteiger partial charge in [0.2, 0.25) is 5.91 Å². The summed E-state index contributed by atoms with van der Waals surface area (Å²) < 4.78 is 4.88. The van der Waals surface area contributed by atoms with Gasteiger partial charge in [-0.2, -0.15) is 0 Å². The summed E-state index contributed by atoms with van der Waals surface area (Å²) in [5, 5.41) is 5.88. The summed E-state index contributed by atoms with van der Waals surface area (Å²) in [6.45, 7) is 3.06. The molecule has 0 aliphatic rings. The molecule has 0 fully saturated rings. The Balaban J connectivity index is 2.11. The highest BCUT2D eigenvalue weighted by molar-refractivity contribution is 5.78. The van der Waals surface area contributed by atoms with Crippen molar-refractivity contribution in [3.63, 3.8) is 0 Å². The van der Waals surface area contributed by atoms with Crippen LogP contribution in [0.4, 0.5) is 5.69 Å². The molecule has 0 atom stereocenters. The van der Waals surface area contributed by atoms with Crippen LogP contribution >= 0.6 is 0 Å². The van der Waals surface area contributed by atoms with Crippen molar-refractivity contribution in [1.82, 2.24) is 10.6 Å². The summed E-state index contributed by atoms with van der Waals surface area (Å²) in [5.74, 6) is 0.0116. The van der Waals surface area contributed by atoms with Gasteiger partial charge in [-0.1, -0.05) is 18.2 Å². The van der Waals surface area contributed by atoms with Gasteiger partial charge in [-0.3, -0.25) is 4.79 Å². The lowest BCUT2D eigenvalue weighted by molar-refractivity contribution is -0.120. The lowest BCUT2D eigenvalue weighted by Crippen LogP contribution is -2.38. The maximum atomic E-state index is 11.5. The predicted octanol–water partition coefficient (Wildman–Crippen LogP) is 0.475. The van der Waals surface area contributed by atoms with E-state index in [9.17, 15) is 4.79 Å². The molecule has 0 spiro atoms. The first-order chi connectivity index (χ1) is 9.24. The summed E-state index contributed by atoms with van der Waals surface area (Å²) >= 11 is 0. The lowest BCUT2D eigenvalue weighted by Gasteiger charge is -2.19. The third-order valence-corrected chi connectivity index (χ3v) is 2.73. The van der Waals surface area contributed by atoms with Crippen molar-refractivity contribution in [2.45, 2.75) is 0 Å². The highest BCUT2D eigenvalue weighted by Crippen LogP contribution is 2.09. The van der Waals surface area contributed by atoms with Crippen LogP contribution in [0.1, 0.15) is 0 Å². The summed E-state index contributed by atoms with van der Waals surface area (Å²) in [5.41, 5.74) is 1.15. The van der Waals surface area contributed by atoms with Gasteiger partial charge in [-0.25, -0.2) is 0 Å². The zero-order valence-corrected chi connectivity index (χ0v) is 11.7. The molecule has 0 aliphatic carbocycles. The van der Waals surface area contributed by atoms with Crippen molar-refractivity contribution in [3.8, 4) is 0 Å². The Morgan fingerprint density at radius 2 is 2.00 bits per heavy atom. The lowest BCUT2D eigenvalue weighted by atomic mass is 10.3. The first-order valence-corrected chi connectivity index (χ1v) is 6.46. The number of ether oxygens (including phenoxy) is 1. The zero-order chi connectivity index (χ0) is 13.9. The predicted molar refractivity (Wildman–Crippen MR) is 77.5 cm³/mol. The summed E-state index contributed by atoms with van der Waals surface area (Å²) in [6, 6.07) is 10.1. The molecule has 0 aromatic heterocycles. The van der Waals surface area contributed by atoms with Crippen molar-refractivity contribution >= 4 is 11.6 Å². The highest BCUT2D eigenvalue weighted by atomic mass is 16.5. The standard InChI is InChI=1S/C14H23N3O2/c1-17(13-6-4-3-5-7-13)10-8-16-14(18)12-15-9-11-19-2/h3-7,15H,8-12H2,1-2H3,(H,16,18). The van der Waals surface area contributed by atoms with Gasteiger partial charge in [-0.05, 0) is 12.1 Å². The normalized spacial score (nSPS) is 10.2. The second-order valence-corrected chi connectivity index (χ2v) is 4.28. The molecule has 1 rings (SSSR count). The molecule has 1 aromatic rings. The number of likely N-dealkylation sites (N-methyl/N-ethyl adjacent to an activating group) is 1. The van der Waals surface area contributed by atoms with Crippen molar-refractivity contribution in [3.05, 3.63) is 30.3 Å². The van der Waals surface area contributed by atoms with Crippen molar-refractivity contribution < 1.29 is 9.53 Å². The van der Waals surface area contributed by atoms with Crippen molar-refractivity contribution in [1.29, 1.82) is 0 Å². The monoisotopic (exact) mass is 265 g/mol. The molecule has 0 unspecified atom stereocenters. The second-order valence-electron chi connectivity index (χ2n) is 4.28. The average Bonchev–Trinajstić information content (AvgIpc) is 2.44. The van der Waals surface area contributed by atoms with Crippen LogP contribution in [0.3, 0.4) is 0 Å². The van der Waals surface area contributed by atoms with E-state index in [1.807, 2.05) is 37.4 Å². The second kappa shape index (κ2) is 9.35. The number of carbonyl (C=O) groups is 1. The minimum Gasteiger partial charge on any atom is -0.383 e. The molecular formula is C14H23N3O2. The van der Waals surface area contributed by atoms with E-state index in [0.717, 1.165) is 12.2 Å². The maximum Gasteiger partial charge on any atom is 0.234 e. The highest BCUT2D eigenvalue weighted by Gasteiger charge is 2.02. The van der Waals surface area contributed by atoms with E-state index in [2.05, 4.69) is 15.5 Å². The fraction of sp³-hybridized carbons (Fsp3) is 0.500. The molecule has 106 valence electrons. The van der Waals surface area contributed by atoms with Gasteiger partial charge in [0.05, 0.1) is 13.2 Å². The van der Waals surface area contributed by atoms with E-state index in [1.165, 1.54) is 0 Å². The molecule has 19 heavy (non-hydrogen) atoms. The number of nitrogens with one attached hydrogen (secondary N) is 2. The molecule has 5 nitrogen and oxygen atoms in total. The van der Waals surface area contributed by atoms with Crippen LogP contribution in [0, 0.1) is 0 Å². The number of para-hydroxylation sites is 1. The molecule has 0 radical (unpaired) electrons. The van der Waals surface area contributed by atoms with Gasteiger partial charge in [0.25, 0.3) is 0 Å². The van der Waals surface area contributed by atoms with Crippen LogP contribution in [-0.2, 0) is 9.53 Å². The number of carbonyl (C=O) groups excluding carboxylic acids is 1. The number of amides is 1. The largest absolute Gasteiger partial charge is 0.383 e. The zero-order valence-electron chi connectivity index (χ0n) is 11.7. The number of anilines is 1. The fourth-order valence-corrected chi connectivity index (χ4v) is 1.61. The Kier molecular flexibility index (Phi) is 7.62. The van der Waals surface area contributed by atoms with Crippen LogP contribution in [0.5, 0.6) is 0 Å². The van der Waals surface area contributed by atoms with Gasteiger partial charge < -0.3 is 20.3 Å². The Hall–Kier alpha value is -1.59. The van der Waals surface area contributed by atoms with Gasteiger partial charge in [-0.15, -0.1) is 0 Å². The molecule has 1 aromatic carbocycles. The number of hydrogen-bond donors (Lipinski definition) is 2.